The first-order valence-electron chi connectivity index (χ1n) is 23.0. The first-order valence-corrected chi connectivity index (χ1v) is 23.8. The van der Waals surface area contributed by atoms with Gasteiger partial charge in [0, 0.05) is 48.2 Å². The molecular formula is C64H46N2S. The van der Waals surface area contributed by atoms with E-state index in [-0.39, 0.29) is 0 Å². The highest BCUT2D eigenvalue weighted by Crippen LogP contribution is 2.50. The largest absolute Gasteiger partial charge is 0.361 e. The molecule has 3 heteroatoms. The lowest BCUT2D eigenvalue weighted by atomic mass is 9.91. The van der Waals surface area contributed by atoms with Crippen LogP contribution in [0.2, 0.25) is 0 Å². The summed E-state index contributed by atoms with van der Waals surface area (Å²) in [5.41, 5.74) is 15.0. The number of rotatable bonds is 7. The molecule has 10 aromatic carbocycles. The fourth-order valence-electron chi connectivity index (χ4n) is 10.4. The van der Waals surface area contributed by atoms with E-state index < -0.39 is 0 Å². The van der Waals surface area contributed by atoms with Crippen LogP contribution in [0.3, 0.4) is 0 Å². The number of nitrogens with zero attached hydrogens (tertiary/aromatic N) is 1. The number of para-hydroxylation sites is 2. The second kappa shape index (κ2) is 16.6. The van der Waals surface area contributed by atoms with Crippen molar-refractivity contribution < 1.29 is 0 Å². The van der Waals surface area contributed by atoms with E-state index in [4.69, 9.17) is 0 Å². The number of hydrogen-bond acceptors (Lipinski definition) is 2. The van der Waals surface area contributed by atoms with Crippen LogP contribution in [0.5, 0.6) is 0 Å². The molecule has 0 atom stereocenters. The molecule has 2 nitrogen and oxygen atoms in total. The van der Waals surface area contributed by atoms with Crippen molar-refractivity contribution >= 4 is 91.3 Å². The van der Waals surface area contributed by atoms with Gasteiger partial charge in [0.1, 0.15) is 0 Å². The highest BCUT2D eigenvalue weighted by atomic mass is 32.1. The standard InChI is InChI=1S/C48H27NS.C16H19N/c1-2-12-32-31(11-1)38-16-9-17-39-34(20-21-40(32)48(38)39)33-22-23-44(35-13-4-3-10-30(33)35)49-43-18-7-5-14-36(43)41-24-28-25-42-37-15-6-8-19-46(37)50-47(42)27-29(28)26-45(41)49;1-4-8-15(9-5-2)12-13-17-16-11-7-6-10-14(16)3/h1-27H;4-13,17H,1H2,2-3H3/b;9-5-,13-12+,15-8+. The Morgan fingerprint density at radius 1 is 0.493 bits per heavy atom. The summed E-state index contributed by atoms with van der Waals surface area (Å²) in [6, 6.07) is 69.4. The lowest BCUT2D eigenvalue weighted by Crippen LogP contribution is -1.96. The Labute approximate surface area is 394 Å². The number of hydrogen-bond donors (Lipinski definition) is 1. The molecule has 0 bridgehead atoms. The minimum absolute atomic E-state index is 1.11. The average Bonchev–Trinajstić information content (AvgIpc) is 4.01. The molecule has 0 amide bonds. The van der Waals surface area contributed by atoms with E-state index in [1.165, 1.54) is 119 Å². The molecular weight excluding hydrogens is 829 g/mol. The van der Waals surface area contributed by atoms with Gasteiger partial charge in [-0.15, -0.1) is 11.3 Å². The Morgan fingerprint density at radius 3 is 1.94 bits per heavy atom. The topological polar surface area (TPSA) is 17.0 Å². The SMILES string of the molecule is C=C/C=C(\C=C/C)/C=C/Nc1ccccc1C.c1ccc2c(c1)-c1cccc3c(-c4ccc(-n5c6ccccc6c6cc7cc8c(cc7cc65)sc5ccccc58)c5ccccc45)ccc-2c13. The monoisotopic (exact) mass is 874 g/mol. The highest BCUT2D eigenvalue weighted by molar-refractivity contribution is 7.25. The number of aromatic nitrogens is 1. The first kappa shape index (κ1) is 40.3. The first-order chi connectivity index (χ1) is 33.1. The van der Waals surface area contributed by atoms with E-state index in [1.54, 1.807) is 6.08 Å². The number of anilines is 1. The van der Waals surface area contributed by atoms with E-state index in [2.05, 4.69) is 199 Å². The van der Waals surface area contributed by atoms with Gasteiger partial charge >= 0.3 is 0 Å². The average molecular weight is 875 g/mol. The Kier molecular flexibility index (Phi) is 10.0. The molecule has 0 saturated heterocycles. The van der Waals surface area contributed by atoms with Gasteiger partial charge in [0.15, 0.2) is 0 Å². The third kappa shape index (κ3) is 6.78. The Balaban J connectivity index is 0.000000236. The molecule has 2 heterocycles. The fraction of sp³-hybridized carbons (Fsp3) is 0.0312. The zero-order valence-electron chi connectivity index (χ0n) is 37.4. The second-order valence-electron chi connectivity index (χ2n) is 17.3. The molecule has 0 spiro atoms. The van der Waals surface area contributed by atoms with Crippen molar-refractivity contribution in [2.45, 2.75) is 13.8 Å². The molecule has 318 valence electrons. The van der Waals surface area contributed by atoms with Crippen molar-refractivity contribution in [1.82, 2.24) is 4.57 Å². The maximum atomic E-state index is 3.70. The van der Waals surface area contributed by atoms with Crippen molar-refractivity contribution in [3.05, 3.63) is 242 Å². The zero-order valence-corrected chi connectivity index (χ0v) is 38.2. The summed E-state index contributed by atoms with van der Waals surface area (Å²) >= 11 is 1.88. The summed E-state index contributed by atoms with van der Waals surface area (Å²) in [4.78, 5) is 0. The molecule has 12 aromatic rings. The van der Waals surface area contributed by atoms with Gasteiger partial charge in [-0.3, -0.25) is 0 Å². The highest BCUT2D eigenvalue weighted by Gasteiger charge is 2.23. The summed E-state index contributed by atoms with van der Waals surface area (Å²) < 4.78 is 5.17. The maximum Gasteiger partial charge on any atom is 0.0547 e. The van der Waals surface area contributed by atoms with Crippen LogP contribution in [0, 0.1) is 6.92 Å². The molecule has 1 aliphatic carbocycles. The summed E-state index contributed by atoms with van der Waals surface area (Å²) in [5, 5.41) is 16.3. The lowest BCUT2D eigenvalue weighted by Gasteiger charge is -2.16. The van der Waals surface area contributed by atoms with Gasteiger partial charge in [-0.05, 0) is 140 Å². The van der Waals surface area contributed by atoms with Gasteiger partial charge in [0.05, 0.1) is 16.7 Å². The molecule has 0 fully saturated rings. The maximum absolute atomic E-state index is 3.70. The summed E-state index contributed by atoms with van der Waals surface area (Å²) in [5.74, 6) is 0. The van der Waals surface area contributed by atoms with Gasteiger partial charge in [0.2, 0.25) is 0 Å². The quantitative estimate of drug-likeness (QED) is 0.158. The third-order valence-electron chi connectivity index (χ3n) is 13.4. The fourth-order valence-corrected chi connectivity index (χ4v) is 11.5. The van der Waals surface area contributed by atoms with E-state index in [9.17, 15) is 0 Å². The number of benzene rings is 10. The number of aryl methyl sites for hydroxylation is 1. The Morgan fingerprint density at radius 2 is 1.12 bits per heavy atom. The van der Waals surface area contributed by atoms with Crippen molar-refractivity contribution in [2.24, 2.45) is 0 Å². The lowest BCUT2D eigenvalue weighted by molar-refractivity contribution is 1.20. The van der Waals surface area contributed by atoms with Gasteiger partial charge in [-0.2, -0.15) is 0 Å². The van der Waals surface area contributed by atoms with E-state index in [0.29, 0.717) is 0 Å². The number of allylic oxidation sites excluding steroid dienone is 6. The normalized spacial score (nSPS) is 12.4. The van der Waals surface area contributed by atoms with Crippen molar-refractivity contribution in [3.63, 3.8) is 0 Å². The van der Waals surface area contributed by atoms with Crippen LogP contribution in [-0.4, -0.2) is 4.57 Å². The van der Waals surface area contributed by atoms with Gasteiger partial charge in [-0.1, -0.05) is 170 Å². The smallest absolute Gasteiger partial charge is 0.0547 e. The Hall–Kier alpha value is -8.24. The minimum atomic E-state index is 1.11. The van der Waals surface area contributed by atoms with Crippen LogP contribution in [0.1, 0.15) is 12.5 Å². The molecule has 1 N–H and O–H groups in total. The molecule has 0 radical (unpaired) electrons. The summed E-state index contributed by atoms with van der Waals surface area (Å²) in [7, 11) is 0. The molecule has 67 heavy (non-hydrogen) atoms. The van der Waals surface area contributed by atoms with Crippen molar-refractivity contribution in [3.8, 4) is 39.1 Å². The molecule has 13 rings (SSSR count). The minimum Gasteiger partial charge on any atom is -0.361 e. The van der Waals surface area contributed by atoms with Crippen LogP contribution >= 0.6 is 11.3 Å². The molecule has 0 saturated carbocycles. The van der Waals surface area contributed by atoms with Crippen LogP contribution in [0.4, 0.5) is 5.69 Å². The number of nitrogens with one attached hydrogen (secondary N) is 1. The van der Waals surface area contributed by atoms with Gasteiger partial charge < -0.3 is 9.88 Å². The van der Waals surface area contributed by atoms with Crippen LogP contribution in [-0.2, 0) is 0 Å². The third-order valence-corrected chi connectivity index (χ3v) is 14.6. The van der Waals surface area contributed by atoms with E-state index in [0.717, 1.165) is 11.3 Å². The predicted octanol–water partition coefficient (Wildman–Crippen LogP) is 18.5. The van der Waals surface area contributed by atoms with Gasteiger partial charge in [-0.25, -0.2) is 0 Å². The van der Waals surface area contributed by atoms with Crippen LogP contribution < -0.4 is 5.32 Å². The molecule has 0 aliphatic heterocycles. The predicted molar refractivity (Wildman–Crippen MR) is 293 cm³/mol. The summed E-state index contributed by atoms with van der Waals surface area (Å²) in [6.45, 7) is 7.78. The number of fused-ring (bicyclic) bond motifs is 11. The van der Waals surface area contributed by atoms with Gasteiger partial charge in [0.25, 0.3) is 0 Å². The van der Waals surface area contributed by atoms with Crippen molar-refractivity contribution in [2.75, 3.05) is 5.32 Å². The zero-order chi connectivity index (χ0) is 45.0. The van der Waals surface area contributed by atoms with E-state index >= 15 is 0 Å². The molecule has 1 aliphatic rings. The van der Waals surface area contributed by atoms with Crippen LogP contribution in [0.15, 0.2) is 237 Å². The summed E-state index contributed by atoms with van der Waals surface area (Å²) in [6.07, 6.45) is 11.8. The number of thiophene rings is 1. The Bertz CT molecular complexity index is 4030. The molecule has 0 unspecified atom stereocenters. The van der Waals surface area contributed by atoms with E-state index in [1.807, 2.05) is 60.9 Å². The molecule has 2 aromatic heterocycles. The second-order valence-corrected chi connectivity index (χ2v) is 18.4. The van der Waals surface area contributed by atoms with Crippen LogP contribution in [0.25, 0.3) is 113 Å². The van der Waals surface area contributed by atoms with Crippen molar-refractivity contribution in [1.29, 1.82) is 0 Å².